The van der Waals surface area contributed by atoms with Gasteiger partial charge < -0.3 is 21.5 Å². The third-order valence-electron chi connectivity index (χ3n) is 3.84. The molecular weight excluding hydrogens is 276 g/mol. The maximum Gasteiger partial charge on any atom is 0.109 e. The van der Waals surface area contributed by atoms with Gasteiger partial charge in [-0.1, -0.05) is 24.3 Å². The average molecular weight is 290 g/mol. The van der Waals surface area contributed by atoms with Crippen LogP contribution < -0.4 is 17.0 Å². The first kappa shape index (κ1) is 11.0. The van der Waals surface area contributed by atoms with Crippen LogP contribution in [-0.2, 0) is 25.8 Å². The van der Waals surface area contributed by atoms with Crippen molar-refractivity contribution >= 4 is 0 Å². The molecule has 1 aliphatic carbocycles. The molecule has 2 aliphatic rings. The highest BCUT2D eigenvalue weighted by Gasteiger charge is 2.25. The van der Waals surface area contributed by atoms with Crippen LogP contribution in [0.2, 0.25) is 0 Å². The van der Waals surface area contributed by atoms with E-state index < -0.39 is 0 Å². The monoisotopic (exact) mass is 289 g/mol. The van der Waals surface area contributed by atoms with Crippen molar-refractivity contribution in [3.8, 4) is 11.3 Å². The molecular formula is C14H14BrN2-. The molecule has 0 atom stereocenters. The van der Waals surface area contributed by atoms with Gasteiger partial charge in [-0.2, -0.15) is 0 Å². The molecule has 88 valence electrons. The van der Waals surface area contributed by atoms with Gasteiger partial charge in [0, 0.05) is 24.2 Å². The van der Waals surface area contributed by atoms with Crippen molar-refractivity contribution in [1.29, 1.82) is 0 Å². The molecule has 0 amide bonds. The molecule has 0 unspecified atom stereocenters. The summed E-state index contributed by atoms with van der Waals surface area (Å²) in [5.74, 6) is 1.31. The molecule has 0 radical (unpaired) electrons. The van der Waals surface area contributed by atoms with E-state index in [0.717, 1.165) is 6.42 Å². The fourth-order valence-corrected chi connectivity index (χ4v) is 3.08. The zero-order valence-electron chi connectivity index (χ0n) is 9.62. The third kappa shape index (κ3) is 1.48. The Morgan fingerprint density at radius 3 is 2.88 bits per heavy atom. The zero-order chi connectivity index (χ0) is 10.5. The molecule has 0 saturated carbocycles. The maximum absolute atomic E-state index is 4.84. The highest BCUT2D eigenvalue weighted by Crippen LogP contribution is 2.35. The predicted octanol–water partition coefficient (Wildman–Crippen LogP) is -0.401. The summed E-state index contributed by atoms with van der Waals surface area (Å²) in [7, 11) is 0. The SMILES string of the molecule is [Br-].c1ccc2c(c1)CCc1c-2nc2n1CCC2. The Morgan fingerprint density at radius 1 is 1.06 bits per heavy atom. The van der Waals surface area contributed by atoms with Crippen LogP contribution in [0.4, 0.5) is 0 Å². The summed E-state index contributed by atoms with van der Waals surface area (Å²) in [4.78, 5) is 4.84. The average Bonchev–Trinajstić information content (AvgIpc) is 2.88. The van der Waals surface area contributed by atoms with Crippen molar-refractivity contribution in [2.24, 2.45) is 0 Å². The third-order valence-corrected chi connectivity index (χ3v) is 3.84. The molecule has 1 aromatic heterocycles. The van der Waals surface area contributed by atoms with E-state index in [1.54, 1.807) is 0 Å². The van der Waals surface area contributed by atoms with Crippen LogP contribution in [0.15, 0.2) is 24.3 Å². The van der Waals surface area contributed by atoms with Gasteiger partial charge in [0.05, 0.1) is 5.69 Å². The lowest BCUT2D eigenvalue weighted by Gasteiger charge is -2.16. The molecule has 0 spiro atoms. The van der Waals surface area contributed by atoms with Crippen molar-refractivity contribution in [3.63, 3.8) is 0 Å². The van der Waals surface area contributed by atoms with Gasteiger partial charge in [0.1, 0.15) is 5.82 Å². The fraction of sp³-hybridized carbons (Fsp3) is 0.357. The molecule has 2 nitrogen and oxygen atoms in total. The Balaban J connectivity index is 0.000000902. The van der Waals surface area contributed by atoms with Crippen molar-refractivity contribution < 1.29 is 17.0 Å². The van der Waals surface area contributed by atoms with E-state index in [0.29, 0.717) is 0 Å². The van der Waals surface area contributed by atoms with E-state index >= 15 is 0 Å². The number of rotatable bonds is 0. The highest BCUT2D eigenvalue weighted by molar-refractivity contribution is 5.69. The second kappa shape index (κ2) is 3.98. The van der Waals surface area contributed by atoms with Gasteiger partial charge in [-0.25, -0.2) is 4.98 Å². The number of benzene rings is 1. The first-order valence-electron chi connectivity index (χ1n) is 6.10. The summed E-state index contributed by atoms with van der Waals surface area (Å²) >= 11 is 0. The Kier molecular flexibility index (Phi) is 2.58. The number of hydrogen-bond acceptors (Lipinski definition) is 1. The van der Waals surface area contributed by atoms with Crippen LogP contribution in [0.5, 0.6) is 0 Å². The minimum Gasteiger partial charge on any atom is -1.00 e. The minimum atomic E-state index is 0. The van der Waals surface area contributed by atoms with E-state index in [4.69, 9.17) is 4.98 Å². The quantitative estimate of drug-likeness (QED) is 0.645. The molecule has 0 N–H and O–H groups in total. The lowest BCUT2D eigenvalue weighted by Crippen LogP contribution is -3.00. The summed E-state index contributed by atoms with van der Waals surface area (Å²) in [6.07, 6.45) is 4.78. The van der Waals surface area contributed by atoms with Crippen LogP contribution in [-0.4, -0.2) is 9.55 Å². The van der Waals surface area contributed by atoms with E-state index in [9.17, 15) is 0 Å². The summed E-state index contributed by atoms with van der Waals surface area (Å²) in [5.41, 5.74) is 5.57. The Labute approximate surface area is 111 Å². The minimum absolute atomic E-state index is 0. The van der Waals surface area contributed by atoms with Crippen LogP contribution in [0.25, 0.3) is 11.3 Å². The molecule has 0 saturated heterocycles. The second-order valence-electron chi connectivity index (χ2n) is 4.74. The summed E-state index contributed by atoms with van der Waals surface area (Å²) in [5, 5.41) is 0. The number of nitrogens with zero attached hydrogens (tertiary/aromatic N) is 2. The zero-order valence-corrected chi connectivity index (χ0v) is 11.2. The predicted molar refractivity (Wildman–Crippen MR) is 63.4 cm³/mol. The first-order valence-corrected chi connectivity index (χ1v) is 6.10. The van der Waals surface area contributed by atoms with Crippen molar-refractivity contribution in [2.45, 2.75) is 32.2 Å². The van der Waals surface area contributed by atoms with Crippen LogP contribution in [0.1, 0.15) is 23.5 Å². The second-order valence-corrected chi connectivity index (χ2v) is 4.74. The first-order chi connectivity index (χ1) is 7.93. The molecule has 0 bridgehead atoms. The smallest absolute Gasteiger partial charge is 0.109 e. The van der Waals surface area contributed by atoms with Gasteiger partial charge >= 0.3 is 0 Å². The molecule has 17 heavy (non-hydrogen) atoms. The Hall–Kier alpha value is -1.09. The molecule has 2 aromatic rings. The molecule has 3 heteroatoms. The van der Waals surface area contributed by atoms with Gasteiger partial charge in [0.15, 0.2) is 0 Å². The number of aryl methyl sites for hydroxylation is 2. The molecule has 1 aliphatic heterocycles. The summed E-state index contributed by atoms with van der Waals surface area (Å²) in [6.45, 7) is 1.18. The van der Waals surface area contributed by atoms with E-state index in [1.165, 1.54) is 54.1 Å². The Bertz CT molecular complexity index is 572. The Morgan fingerprint density at radius 2 is 1.94 bits per heavy atom. The number of imidazole rings is 1. The van der Waals surface area contributed by atoms with E-state index in [1.807, 2.05) is 0 Å². The fourth-order valence-electron chi connectivity index (χ4n) is 3.08. The number of aromatic nitrogens is 2. The highest BCUT2D eigenvalue weighted by atomic mass is 79.9. The van der Waals surface area contributed by atoms with Crippen molar-refractivity contribution in [2.75, 3.05) is 0 Å². The topological polar surface area (TPSA) is 17.8 Å². The molecule has 1 aromatic carbocycles. The maximum atomic E-state index is 4.84. The number of halogens is 1. The van der Waals surface area contributed by atoms with Gasteiger partial charge in [0.2, 0.25) is 0 Å². The summed E-state index contributed by atoms with van der Waals surface area (Å²) < 4.78 is 2.45. The van der Waals surface area contributed by atoms with Crippen LogP contribution in [0, 0.1) is 0 Å². The molecule has 2 heterocycles. The van der Waals surface area contributed by atoms with Gasteiger partial charge in [-0.3, -0.25) is 0 Å². The lowest BCUT2D eigenvalue weighted by molar-refractivity contribution is -0.00000328. The van der Waals surface area contributed by atoms with Gasteiger partial charge in [-0.15, -0.1) is 0 Å². The van der Waals surface area contributed by atoms with Crippen molar-refractivity contribution in [1.82, 2.24) is 9.55 Å². The lowest BCUT2D eigenvalue weighted by atomic mass is 9.92. The van der Waals surface area contributed by atoms with Crippen molar-refractivity contribution in [3.05, 3.63) is 41.3 Å². The summed E-state index contributed by atoms with van der Waals surface area (Å²) in [6, 6.07) is 8.71. The largest absolute Gasteiger partial charge is 1.00 e. The van der Waals surface area contributed by atoms with Crippen LogP contribution in [0.3, 0.4) is 0 Å². The van der Waals surface area contributed by atoms with E-state index in [2.05, 4.69) is 28.8 Å². The number of hydrogen-bond donors (Lipinski definition) is 0. The number of fused-ring (bicyclic) bond motifs is 5. The molecule has 0 fully saturated rings. The van der Waals surface area contributed by atoms with Gasteiger partial charge in [0.25, 0.3) is 0 Å². The standard InChI is InChI=1S/C14H14N2.BrH/c1-2-5-11-10(4-1)7-8-12-14(11)15-13-6-3-9-16(12)13;/h1-2,4-5H,3,6-9H2;1H/p-1. The van der Waals surface area contributed by atoms with E-state index in [-0.39, 0.29) is 17.0 Å². The van der Waals surface area contributed by atoms with Crippen LogP contribution >= 0.6 is 0 Å². The normalized spacial score (nSPS) is 15.8. The van der Waals surface area contributed by atoms with Gasteiger partial charge in [-0.05, 0) is 24.8 Å². The molecule has 4 rings (SSSR count).